The molecule has 0 saturated carbocycles. The number of aliphatic imine (C=N–C) groups is 1. The average Bonchev–Trinajstić information content (AvgIpc) is 1.75. The number of aliphatic hydroxyl groups is 2. The van der Waals surface area contributed by atoms with Gasteiger partial charge in [-0.1, -0.05) is 50.2 Å². The number of hydrogen-bond donors (Lipinski definition) is 21. The maximum absolute atomic E-state index is 14.7. The molecule has 0 spiro atoms. The number of nitrogens with one attached hydrogen (secondary N) is 11. The first-order valence-electron chi connectivity index (χ1n) is 31.2. The number of primary amides is 2. The van der Waals surface area contributed by atoms with Gasteiger partial charge in [-0.05, 0) is 107 Å². The van der Waals surface area contributed by atoms with Crippen molar-refractivity contribution in [2.75, 3.05) is 19.6 Å². The number of carbonyl (C=O) groups excluding carboxylic acids is 11. The maximum Gasteiger partial charge on any atom is 0.326 e. The number of aromatic nitrogens is 2. The molecule has 0 aliphatic heterocycles. The molecule has 0 fully saturated rings. The molecule has 2 aromatic heterocycles. The van der Waals surface area contributed by atoms with Crippen LogP contribution < -0.4 is 88.0 Å². The van der Waals surface area contributed by atoms with Gasteiger partial charge in [0.1, 0.15) is 54.4 Å². The van der Waals surface area contributed by atoms with Gasteiger partial charge in [-0.15, -0.1) is 0 Å². The van der Waals surface area contributed by atoms with Crippen LogP contribution in [0, 0.1) is 5.92 Å². The van der Waals surface area contributed by atoms with Crippen molar-refractivity contribution in [3.63, 3.8) is 0 Å². The molecule has 4 rings (SSSR count). The Balaban J connectivity index is 1.62. The zero-order valence-corrected chi connectivity index (χ0v) is 53.6. The van der Waals surface area contributed by atoms with Crippen molar-refractivity contribution in [3.8, 4) is 0 Å². The molecule has 2 aromatic carbocycles. The number of aliphatic carboxylic acids is 1. The monoisotopic (exact) mass is 1330 g/mol. The van der Waals surface area contributed by atoms with Crippen LogP contribution in [0.5, 0.6) is 0 Å². The topological polar surface area (TPSA) is 600 Å². The summed E-state index contributed by atoms with van der Waals surface area (Å²) >= 11 is 0. The SMILES string of the molecule is CC(C)[C@H](NC(=O)[C@H](Cc1c[nH]c2ccccc12)NC(=O)[C@@H](NC(=O)[C@H](Cc1c[nH]c2ccccc12)NC(=O)[C@@H](NC(=O)[C@H](CCCCN)NC(=O)[C@H](CC(N)=O)NC(=O)[C@H](CC(N)=O)NC(=O)[C@H](CCCCN)NC(=O)[C@@H](N)CCCN=C(N)N)[C@@H](C)O)[C@@H](C)O)C(=O)O. The number of guanidine groups is 1. The zero-order valence-electron chi connectivity index (χ0n) is 53.6. The minimum atomic E-state index is -1.93. The van der Waals surface area contributed by atoms with Crippen molar-refractivity contribution >= 4 is 98.7 Å². The smallest absolute Gasteiger partial charge is 0.326 e. The van der Waals surface area contributed by atoms with E-state index in [1.54, 1.807) is 74.8 Å². The summed E-state index contributed by atoms with van der Waals surface area (Å²) in [6, 6.07) is -2.19. The van der Waals surface area contributed by atoms with Crippen LogP contribution in [-0.4, -0.2) is 194 Å². The summed E-state index contributed by atoms with van der Waals surface area (Å²) in [5.41, 5.74) is 41.5. The molecule has 0 bridgehead atoms. The number of unbranched alkanes of at least 4 members (excludes halogenated alkanes) is 2. The minimum Gasteiger partial charge on any atom is -0.480 e. The van der Waals surface area contributed by atoms with Crippen molar-refractivity contribution in [2.45, 2.75) is 177 Å². The van der Waals surface area contributed by atoms with Gasteiger partial charge in [0.05, 0.1) is 31.1 Å². The lowest BCUT2D eigenvalue weighted by Gasteiger charge is -2.29. The fraction of sp³-hybridized carbons (Fsp3) is 0.525. The third kappa shape index (κ3) is 24.9. The summed E-state index contributed by atoms with van der Waals surface area (Å²) < 4.78 is 0. The third-order valence-corrected chi connectivity index (χ3v) is 15.4. The first-order chi connectivity index (χ1) is 45.0. The van der Waals surface area contributed by atoms with Crippen LogP contribution in [0.3, 0.4) is 0 Å². The average molecular weight is 1330 g/mol. The molecule has 0 radical (unpaired) electrons. The molecule has 0 aliphatic carbocycles. The van der Waals surface area contributed by atoms with E-state index in [1.807, 2.05) is 0 Å². The molecule has 0 unspecified atom stereocenters. The molecule has 28 N–H and O–H groups in total. The number of amides is 11. The summed E-state index contributed by atoms with van der Waals surface area (Å²) in [5.74, 6) is -13.9. The van der Waals surface area contributed by atoms with Crippen LogP contribution in [0.4, 0.5) is 0 Å². The van der Waals surface area contributed by atoms with Crippen LogP contribution in [0.2, 0.25) is 0 Å². The Morgan fingerprint density at radius 3 is 1.19 bits per heavy atom. The lowest BCUT2D eigenvalue weighted by molar-refractivity contribution is -0.143. The van der Waals surface area contributed by atoms with Crippen LogP contribution in [0.1, 0.15) is 103 Å². The summed E-state index contributed by atoms with van der Waals surface area (Å²) in [6.07, 6.45) is -1.25. The van der Waals surface area contributed by atoms with Gasteiger partial charge < -0.3 is 113 Å². The molecule has 0 aliphatic rings. The van der Waals surface area contributed by atoms with Crippen LogP contribution in [-0.2, 0) is 70.4 Å². The first kappa shape index (κ1) is 77.7. The van der Waals surface area contributed by atoms with Crippen LogP contribution >= 0.6 is 0 Å². The van der Waals surface area contributed by atoms with E-state index in [2.05, 4.69) is 62.8 Å². The van der Waals surface area contributed by atoms with Gasteiger partial charge in [-0.2, -0.15) is 0 Å². The molecule has 34 heteroatoms. The van der Waals surface area contributed by atoms with E-state index in [0.29, 0.717) is 52.2 Å². The van der Waals surface area contributed by atoms with Gasteiger partial charge in [0.25, 0.3) is 0 Å². The highest BCUT2D eigenvalue weighted by Crippen LogP contribution is 2.22. The Morgan fingerprint density at radius 2 is 0.811 bits per heavy atom. The van der Waals surface area contributed by atoms with E-state index in [4.69, 9.17) is 40.1 Å². The number of benzene rings is 2. The molecule has 11 amide bonds. The Labute approximate surface area is 547 Å². The van der Waals surface area contributed by atoms with E-state index in [9.17, 15) is 72.9 Å². The second kappa shape index (κ2) is 38.4. The Kier molecular flexibility index (Phi) is 31.4. The van der Waals surface area contributed by atoms with Gasteiger partial charge in [0.2, 0.25) is 65.0 Å². The highest BCUT2D eigenvalue weighted by Gasteiger charge is 2.39. The molecule has 0 saturated heterocycles. The summed E-state index contributed by atoms with van der Waals surface area (Å²) in [4.78, 5) is 174. The molecular weight excluding hydrogens is 1240 g/mol. The van der Waals surface area contributed by atoms with Crippen molar-refractivity contribution in [1.82, 2.24) is 57.8 Å². The van der Waals surface area contributed by atoms with Gasteiger partial charge >= 0.3 is 5.97 Å². The van der Waals surface area contributed by atoms with Crippen molar-refractivity contribution in [3.05, 3.63) is 72.1 Å². The fourth-order valence-electron chi connectivity index (χ4n) is 10.2. The predicted molar refractivity (Wildman–Crippen MR) is 349 cm³/mol. The number of aliphatic hydroxyl groups excluding tert-OH is 2. The summed E-state index contributed by atoms with van der Waals surface area (Å²) in [6.45, 7) is 5.94. The number of carbonyl (C=O) groups is 12. The Bertz CT molecular complexity index is 3330. The zero-order chi connectivity index (χ0) is 70.6. The van der Waals surface area contributed by atoms with Crippen LogP contribution in [0.25, 0.3) is 21.8 Å². The number of nitrogens with two attached hydrogens (primary N) is 7. The number of carboxylic acid groups (broad SMARTS) is 1. The highest BCUT2D eigenvalue weighted by molar-refractivity contribution is 6.01. The van der Waals surface area contributed by atoms with E-state index in [1.165, 1.54) is 6.92 Å². The van der Waals surface area contributed by atoms with Crippen molar-refractivity contribution < 1.29 is 72.9 Å². The maximum atomic E-state index is 14.7. The van der Waals surface area contributed by atoms with Crippen molar-refractivity contribution in [1.29, 1.82) is 0 Å². The number of fused-ring (bicyclic) bond motifs is 2. The van der Waals surface area contributed by atoms with Gasteiger partial charge in [0.15, 0.2) is 5.96 Å². The predicted octanol–water partition coefficient (Wildman–Crippen LogP) is -5.31. The number of nitrogens with zero attached hydrogens (tertiary/aromatic N) is 1. The van der Waals surface area contributed by atoms with Crippen LogP contribution in [0.15, 0.2) is 65.9 Å². The molecule has 34 nitrogen and oxygen atoms in total. The number of rotatable bonds is 42. The lowest BCUT2D eigenvalue weighted by atomic mass is 10.0. The Morgan fingerprint density at radius 1 is 0.453 bits per heavy atom. The van der Waals surface area contributed by atoms with Gasteiger partial charge in [-0.3, -0.25) is 57.7 Å². The molecule has 2 heterocycles. The number of carboxylic acids is 1. The van der Waals surface area contributed by atoms with Gasteiger partial charge in [0, 0.05) is 53.6 Å². The number of hydrogen-bond acceptors (Lipinski definition) is 18. The van der Waals surface area contributed by atoms with Crippen molar-refractivity contribution in [2.24, 2.45) is 51.0 Å². The third-order valence-electron chi connectivity index (χ3n) is 15.4. The second-order valence-corrected chi connectivity index (χ2v) is 23.5. The number of aromatic amines is 2. The highest BCUT2D eigenvalue weighted by atomic mass is 16.4. The fourth-order valence-corrected chi connectivity index (χ4v) is 10.2. The largest absolute Gasteiger partial charge is 0.480 e. The quantitative estimate of drug-likeness (QED) is 0.0112. The second-order valence-electron chi connectivity index (χ2n) is 23.5. The van der Waals surface area contributed by atoms with Gasteiger partial charge in [-0.25, -0.2) is 4.79 Å². The normalized spacial score (nSPS) is 15.1. The van der Waals surface area contributed by atoms with E-state index in [0.717, 1.165) is 6.92 Å². The standard InChI is InChI=1S/C61H93N19O15/c1-30(2)48(60(94)95)78-56(90)42(24-33-28-70-38-17-7-5-14-35(33)38)76-59(93)50(32(4)82)80-57(91)43(25-34-29-71-39-18-8-6-15-36(34)39)77-58(92)49(31(3)81)79-53(87)41(20-10-12-22-63)73-54(88)44(26-46(65)83)75-55(89)45(27-47(66)84)74-52(86)40(19-9-11-21-62)72-51(85)37(64)16-13-23-69-61(67)68/h5-8,14-15,17-18,28-32,37,40-45,48-50,70-71,81-82H,9-13,16,19-27,62-64H2,1-4H3,(H2,65,83)(H2,66,84)(H,72,85)(H,73,88)(H,74,86)(H,75,89)(H,76,93)(H,77,92)(H,78,90)(H,79,87)(H,80,91)(H,94,95)(H4,67,68,69)/t31-,32-,37+,40+,41+,42+,43+,44+,45+,48+,49+,50+/m1/s1. The number of para-hydroxylation sites is 2. The van der Waals surface area contributed by atoms with E-state index < -0.39 is 162 Å². The first-order valence-corrected chi connectivity index (χ1v) is 31.2. The Hall–Kier alpha value is -9.77. The summed E-state index contributed by atoms with van der Waals surface area (Å²) in [5, 5.41) is 55.5. The number of H-pyrrole nitrogens is 2. The van der Waals surface area contributed by atoms with E-state index >= 15 is 0 Å². The molecule has 4 aromatic rings. The minimum absolute atomic E-state index is 0.0120. The lowest BCUT2D eigenvalue weighted by Crippen LogP contribution is -2.63. The molecular formula is C61H93N19O15. The molecule has 522 valence electrons. The van der Waals surface area contributed by atoms with E-state index in [-0.39, 0.29) is 70.5 Å². The molecule has 12 atom stereocenters. The molecule has 95 heavy (non-hydrogen) atoms. The summed E-state index contributed by atoms with van der Waals surface area (Å²) in [7, 11) is 0.